The molecule has 4 rings (SSSR count). The summed E-state index contributed by atoms with van der Waals surface area (Å²) in [5.74, 6) is 2.08. The number of thiophene rings is 1. The molecular weight excluding hydrogens is 404 g/mol. The van der Waals surface area contributed by atoms with Crippen molar-refractivity contribution in [3.8, 4) is 21.5 Å². The molecule has 6 nitrogen and oxygen atoms in total. The Labute approximate surface area is 176 Å². The highest BCUT2D eigenvalue weighted by Crippen LogP contribution is 2.29. The first-order chi connectivity index (χ1) is 14.1. The van der Waals surface area contributed by atoms with Gasteiger partial charge < -0.3 is 10.1 Å². The van der Waals surface area contributed by atoms with Crippen molar-refractivity contribution in [3.63, 3.8) is 0 Å². The predicted molar refractivity (Wildman–Crippen MR) is 117 cm³/mol. The van der Waals surface area contributed by atoms with Crippen molar-refractivity contribution in [2.75, 3.05) is 11.9 Å². The molecule has 8 heteroatoms. The van der Waals surface area contributed by atoms with Crippen LogP contribution in [0, 0.1) is 6.92 Å². The van der Waals surface area contributed by atoms with E-state index in [4.69, 9.17) is 9.72 Å². The second kappa shape index (κ2) is 8.59. The fraction of sp³-hybridized carbons (Fsp3) is 0.190. The van der Waals surface area contributed by atoms with E-state index in [9.17, 15) is 4.79 Å². The summed E-state index contributed by atoms with van der Waals surface area (Å²) in [6.45, 7) is 4.46. The number of amides is 1. The standard InChI is InChI=1S/C21H20N4O2S2/c1-3-27-16-8-6-15(7-9-16)11-20(26)24-19-12-22-14(2)25(19)21-23-17(13-29-21)18-5-4-10-28-18/h4-10,12-13H,3,11H2,1-2H3,(H,24,26). The van der Waals surface area contributed by atoms with Gasteiger partial charge in [0.2, 0.25) is 5.91 Å². The zero-order valence-corrected chi connectivity index (χ0v) is 17.7. The molecule has 0 atom stereocenters. The summed E-state index contributed by atoms with van der Waals surface area (Å²) in [4.78, 5) is 22.8. The lowest BCUT2D eigenvalue weighted by atomic mass is 10.1. The second-order valence-electron chi connectivity index (χ2n) is 6.32. The molecule has 0 spiro atoms. The minimum Gasteiger partial charge on any atom is -0.494 e. The number of carbonyl (C=O) groups excluding carboxylic acids is 1. The van der Waals surface area contributed by atoms with Gasteiger partial charge in [0.05, 0.1) is 29.8 Å². The third-order valence-electron chi connectivity index (χ3n) is 4.26. The number of benzene rings is 1. The van der Waals surface area contributed by atoms with Crippen molar-refractivity contribution in [2.24, 2.45) is 0 Å². The van der Waals surface area contributed by atoms with Crippen LogP contribution in [0.3, 0.4) is 0 Å². The Morgan fingerprint density at radius 3 is 2.76 bits per heavy atom. The van der Waals surface area contributed by atoms with E-state index in [-0.39, 0.29) is 12.3 Å². The van der Waals surface area contributed by atoms with E-state index in [0.717, 1.165) is 32.8 Å². The fourth-order valence-corrected chi connectivity index (χ4v) is 4.57. The molecule has 0 fully saturated rings. The average molecular weight is 425 g/mol. The maximum absolute atomic E-state index is 12.6. The highest BCUT2D eigenvalue weighted by Gasteiger charge is 2.15. The second-order valence-corrected chi connectivity index (χ2v) is 8.10. The molecule has 29 heavy (non-hydrogen) atoms. The van der Waals surface area contributed by atoms with E-state index >= 15 is 0 Å². The monoisotopic (exact) mass is 424 g/mol. The molecule has 0 aliphatic rings. The molecule has 0 aliphatic heterocycles. The van der Waals surface area contributed by atoms with Gasteiger partial charge in [0, 0.05) is 5.38 Å². The van der Waals surface area contributed by atoms with E-state index in [1.807, 2.05) is 65.6 Å². The Balaban J connectivity index is 1.49. The van der Waals surface area contributed by atoms with Gasteiger partial charge in [0.15, 0.2) is 5.13 Å². The van der Waals surface area contributed by atoms with Crippen molar-refractivity contribution in [2.45, 2.75) is 20.3 Å². The summed E-state index contributed by atoms with van der Waals surface area (Å²) in [5, 5.41) is 7.79. The Kier molecular flexibility index (Phi) is 5.73. The van der Waals surface area contributed by atoms with Gasteiger partial charge in [-0.15, -0.1) is 22.7 Å². The lowest BCUT2D eigenvalue weighted by molar-refractivity contribution is -0.115. The molecule has 0 saturated heterocycles. The summed E-state index contributed by atoms with van der Waals surface area (Å²) in [6.07, 6.45) is 1.94. The minimum absolute atomic E-state index is 0.106. The van der Waals surface area contributed by atoms with Gasteiger partial charge in [0.25, 0.3) is 0 Å². The molecular formula is C21H20N4O2S2. The highest BCUT2D eigenvalue weighted by atomic mass is 32.1. The number of carbonyl (C=O) groups is 1. The topological polar surface area (TPSA) is 69.0 Å². The van der Waals surface area contributed by atoms with Crippen LogP contribution in [0.1, 0.15) is 18.3 Å². The molecule has 3 heterocycles. The molecule has 148 valence electrons. The number of ether oxygens (including phenoxy) is 1. The summed E-state index contributed by atoms with van der Waals surface area (Å²) in [6, 6.07) is 11.6. The first-order valence-corrected chi connectivity index (χ1v) is 11.0. The van der Waals surface area contributed by atoms with Gasteiger partial charge in [-0.05, 0) is 43.0 Å². The molecule has 4 aromatic rings. The molecule has 0 radical (unpaired) electrons. The molecule has 1 aromatic carbocycles. The van der Waals surface area contributed by atoms with Gasteiger partial charge in [0.1, 0.15) is 17.4 Å². The van der Waals surface area contributed by atoms with E-state index in [1.54, 1.807) is 17.5 Å². The summed E-state index contributed by atoms with van der Waals surface area (Å²) in [5.41, 5.74) is 1.85. The smallest absolute Gasteiger partial charge is 0.229 e. The number of imidazole rings is 1. The van der Waals surface area contributed by atoms with Crippen molar-refractivity contribution in [1.29, 1.82) is 0 Å². The molecule has 0 unspecified atom stereocenters. The molecule has 0 bridgehead atoms. The van der Waals surface area contributed by atoms with Crippen LogP contribution >= 0.6 is 22.7 Å². The SMILES string of the molecule is CCOc1ccc(CC(=O)Nc2cnc(C)n2-c2nc(-c3cccs3)cs2)cc1. The summed E-state index contributed by atoms with van der Waals surface area (Å²) >= 11 is 3.18. The van der Waals surface area contributed by atoms with Gasteiger partial charge in [-0.1, -0.05) is 18.2 Å². The quantitative estimate of drug-likeness (QED) is 0.456. The fourth-order valence-electron chi connectivity index (χ4n) is 2.92. The van der Waals surface area contributed by atoms with E-state index < -0.39 is 0 Å². The van der Waals surface area contributed by atoms with E-state index in [1.165, 1.54) is 11.3 Å². The number of anilines is 1. The highest BCUT2D eigenvalue weighted by molar-refractivity contribution is 7.15. The van der Waals surface area contributed by atoms with Crippen LogP contribution in [0.4, 0.5) is 5.82 Å². The normalized spacial score (nSPS) is 10.8. The van der Waals surface area contributed by atoms with Crippen LogP contribution in [-0.4, -0.2) is 27.0 Å². The number of hydrogen-bond donors (Lipinski definition) is 1. The van der Waals surface area contributed by atoms with Crippen LogP contribution in [0.2, 0.25) is 0 Å². The first-order valence-electron chi connectivity index (χ1n) is 9.19. The third-order valence-corrected chi connectivity index (χ3v) is 5.98. The molecule has 0 aliphatic carbocycles. The molecule has 3 aromatic heterocycles. The van der Waals surface area contributed by atoms with Crippen molar-refractivity contribution >= 4 is 34.4 Å². The van der Waals surface area contributed by atoms with Gasteiger partial charge in [-0.3, -0.25) is 9.36 Å². The van der Waals surface area contributed by atoms with Gasteiger partial charge >= 0.3 is 0 Å². The lowest BCUT2D eigenvalue weighted by Crippen LogP contribution is -2.17. The maximum atomic E-state index is 12.6. The zero-order chi connectivity index (χ0) is 20.2. The van der Waals surface area contributed by atoms with Gasteiger partial charge in [-0.2, -0.15) is 0 Å². The number of aryl methyl sites for hydroxylation is 1. The van der Waals surface area contributed by atoms with Crippen LogP contribution in [0.5, 0.6) is 5.75 Å². The largest absolute Gasteiger partial charge is 0.494 e. The number of thiazole rings is 1. The molecule has 1 amide bonds. The number of rotatable bonds is 7. The first kappa shape index (κ1) is 19.4. The van der Waals surface area contributed by atoms with Crippen molar-refractivity contribution in [3.05, 3.63) is 64.7 Å². The van der Waals surface area contributed by atoms with E-state index in [2.05, 4.69) is 10.3 Å². The third kappa shape index (κ3) is 4.38. The number of nitrogens with zero attached hydrogens (tertiary/aromatic N) is 3. The Hall–Kier alpha value is -2.97. The van der Waals surface area contributed by atoms with Gasteiger partial charge in [-0.25, -0.2) is 9.97 Å². The molecule has 1 N–H and O–H groups in total. The number of hydrogen-bond acceptors (Lipinski definition) is 6. The number of aromatic nitrogens is 3. The lowest BCUT2D eigenvalue weighted by Gasteiger charge is -2.09. The Bertz CT molecular complexity index is 1100. The zero-order valence-electron chi connectivity index (χ0n) is 16.1. The molecule has 0 saturated carbocycles. The van der Waals surface area contributed by atoms with Crippen molar-refractivity contribution < 1.29 is 9.53 Å². The van der Waals surface area contributed by atoms with Crippen LogP contribution in [-0.2, 0) is 11.2 Å². The van der Waals surface area contributed by atoms with Crippen LogP contribution in [0.25, 0.3) is 15.7 Å². The van der Waals surface area contributed by atoms with Crippen LogP contribution < -0.4 is 10.1 Å². The number of nitrogens with one attached hydrogen (secondary N) is 1. The maximum Gasteiger partial charge on any atom is 0.229 e. The predicted octanol–water partition coefficient (Wildman–Crippen LogP) is 4.95. The Morgan fingerprint density at radius 2 is 2.03 bits per heavy atom. The summed E-state index contributed by atoms with van der Waals surface area (Å²) in [7, 11) is 0. The van der Waals surface area contributed by atoms with Crippen LogP contribution in [0.15, 0.2) is 53.4 Å². The minimum atomic E-state index is -0.106. The van der Waals surface area contributed by atoms with E-state index in [0.29, 0.717) is 12.4 Å². The average Bonchev–Trinajstić information content (AvgIpc) is 3.44. The summed E-state index contributed by atoms with van der Waals surface area (Å²) < 4.78 is 7.31. The van der Waals surface area contributed by atoms with Crippen molar-refractivity contribution in [1.82, 2.24) is 14.5 Å². The Morgan fingerprint density at radius 1 is 1.21 bits per heavy atom.